The third-order valence-electron chi connectivity index (χ3n) is 4.80. The van der Waals surface area contributed by atoms with Crippen molar-refractivity contribution in [2.24, 2.45) is 0 Å². The maximum atomic E-state index is 5.98. The molecular weight excluding hydrogens is 330 g/mol. The Balaban J connectivity index is 1.32. The van der Waals surface area contributed by atoms with Gasteiger partial charge < -0.3 is 19.8 Å². The van der Waals surface area contributed by atoms with Crippen LogP contribution in [0.25, 0.3) is 11.2 Å². The first-order valence-electron chi connectivity index (χ1n) is 9.03. The number of imidazole rings is 1. The Bertz CT molecular complexity index is 859. The van der Waals surface area contributed by atoms with Crippen LogP contribution in [0.3, 0.4) is 0 Å². The predicted octanol–water partition coefficient (Wildman–Crippen LogP) is 2.87. The number of benzene rings is 1. The minimum atomic E-state index is -0.579. The lowest BCUT2D eigenvalue weighted by Crippen LogP contribution is -2.27. The molecule has 0 saturated carbocycles. The van der Waals surface area contributed by atoms with Crippen molar-refractivity contribution in [2.45, 2.75) is 38.0 Å². The van der Waals surface area contributed by atoms with Crippen LogP contribution >= 0.6 is 0 Å². The number of nitrogens with two attached hydrogens (primary N) is 1. The number of anilines is 1. The van der Waals surface area contributed by atoms with Crippen molar-refractivity contribution in [1.29, 1.82) is 0 Å². The van der Waals surface area contributed by atoms with Gasteiger partial charge in [-0.1, -0.05) is 36.8 Å². The maximum Gasteiger partial charge on any atom is 0.194 e. The fourth-order valence-electron chi connectivity index (χ4n) is 3.48. The van der Waals surface area contributed by atoms with Crippen molar-refractivity contribution in [1.82, 2.24) is 19.5 Å². The van der Waals surface area contributed by atoms with Crippen LogP contribution in [0.5, 0.6) is 0 Å². The average molecular weight is 353 g/mol. The summed E-state index contributed by atoms with van der Waals surface area (Å²) in [6, 6.07) is 10.2. The molecule has 7 heteroatoms. The highest BCUT2D eigenvalue weighted by Gasteiger charge is 2.37. The van der Waals surface area contributed by atoms with Crippen LogP contribution in [0.2, 0.25) is 0 Å². The molecule has 0 spiro atoms. The van der Waals surface area contributed by atoms with E-state index >= 15 is 0 Å². The zero-order chi connectivity index (χ0) is 17.8. The van der Waals surface area contributed by atoms with Crippen molar-refractivity contribution in [2.75, 3.05) is 18.9 Å². The number of unbranched alkanes of at least 4 members (excludes halogenated alkanes) is 2. The average Bonchev–Trinajstić information content (AvgIpc) is 3.31. The number of aromatic nitrogens is 4. The largest absolute Gasteiger partial charge is 0.382 e. The van der Waals surface area contributed by atoms with Crippen molar-refractivity contribution in [3.05, 3.63) is 48.5 Å². The molecule has 1 fully saturated rings. The van der Waals surface area contributed by atoms with E-state index in [1.807, 2.05) is 22.8 Å². The van der Waals surface area contributed by atoms with Gasteiger partial charge in [-0.3, -0.25) is 0 Å². The Hall–Kier alpha value is -2.51. The van der Waals surface area contributed by atoms with Gasteiger partial charge in [-0.25, -0.2) is 15.0 Å². The number of nitrogen functional groups attached to an aromatic ring is 1. The number of rotatable bonds is 7. The minimum Gasteiger partial charge on any atom is -0.382 e. The van der Waals surface area contributed by atoms with E-state index < -0.39 is 5.79 Å². The molecule has 4 rings (SSSR count). The lowest BCUT2D eigenvalue weighted by Gasteiger charge is -2.28. The monoisotopic (exact) mass is 353 g/mol. The number of aryl methyl sites for hydroxylation is 1. The molecule has 7 nitrogen and oxygen atoms in total. The molecule has 1 aromatic carbocycles. The molecule has 0 amide bonds. The fourth-order valence-corrected chi connectivity index (χ4v) is 3.48. The molecule has 0 atom stereocenters. The Morgan fingerprint density at radius 3 is 2.62 bits per heavy atom. The molecule has 0 radical (unpaired) electrons. The third-order valence-corrected chi connectivity index (χ3v) is 4.80. The van der Waals surface area contributed by atoms with Crippen molar-refractivity contribution < 1.29 is 9.47 Å². The van der Waals surface area contributed by atoms with Gasteiger partial charge in [0.05, 0.1) is 19.5 Å². The first kappa shape index (κ1) is 16.9. The first-order chi connectivity index (χ1) is 12.8. The predicted molar refractivity (Wildman–Crippen MR) is 98.2 cm³/mol. The van der Waals surface area contributed by atoms with Gasteiger partial charge in [0, 0.05) is 18.5 Å². The zero-order valence-corrected chi connectivity index (χ0v) is 14.7. The van der Waals surface area contributed by atoms with Gasteiger partial charge in [0.25, 0.3) is 0 Å². The molecule has 0 bridgehead atoms. The van der Waals surface area contributed by atoms with E-state index in [9.17, 15) is 0 Å². The van der Waals surface area contributed by atoms with Crippen molar-refractivity contribution in [3.8, 4) is 0 Å². The molecule has 136 valence electrons. The summed E-state index contributed by atoms with van der Waals surface area (Å²) in [5.41, 5.74) is 8.40. The van der Waals surface area contributed by atoms with Gasteiger partial charge in [0.15, 0.2) is 17.3 Å². The smallest absolute Gasteiger partial charge is 0.194 e. The van der Waals surface area contributed by atoms with Crippen LogP contribution in [0.15, 0.2) is 43.0 Å². The van der Waals surface area contributed by atoms with E-state index in [-0.39, 0.29) is 0 Å². The van der Waals surface area contributed by atoms with Crippen LogP contribution in [0.4, 0.5) is 5.82 Å². The number of fused-ring (bicyclic) bond motifs is 1. The van der Waals surface area contributed by atoms with Gasteiger partial charge in [-0.05, 0) is 12.8 Å². The summed E-state index contributed by atoms with van der Waals surface area (Å²) in [6.45, 7) is 2.15. The summed E-state index contributed by atoms with van der Waals surface area (Å²) >= 11 is 0. The third kappa shape index (κ3) is 3.27. The van der Waals surface area contributed by atoms with Crippen LogP contribution in [-0.2, 0) is 21.8 Å². The standard InChI is InChI=1S/C19H23N5O2/c20-17-16-18(22-13-21-17)24(14-23-16)10-6-2-5-9-19(25-11-12-26-19)15-7-3-1-4-8-15/h1,3-4,7-8,13-14H,2,5-6,9-12H2,(H2,20,21,22). The van der Waals surface area contributed by atoms with E-state index in [1.54, 1.807) is 6.33 Å². The van der Waals surface area contributed by atoms with Crippen molar-refractivity contribution >= 4 is 17.0 Å². The van der Waals surface area contributed by atoms with Gasteiger partial charge in [-0.15, -0.1) is 0 Å². The van der Waals surface area contributed by atoms with E-state index in [0.717, 1.165) is 43.4 Å². The summed E-state index contributed by atoms with van der Waals surface area (Å²) in [5.74, 6) is -0.154. The Kier molecular flexibility index (Phi) is 4.81. The van der Waals surface area contributed by atoms with Gasteiger partial charge in [0.1, 0.15) is 11.8 Å². The highest BCUT2D eigenvalue weighted by molar-refractivity contribution is 5.80. The lowest BCUT2D eigenvalue weighted by atomic mass is 9.99. The Morgan fingerprint density at radius 2 is 1.81 bits per heavy atom. The topological polar surface area (TPSA) is 88.1 Å². The molecule has 26 heavy (non-hydrogen) atoms. The summed E-state index contributed by atoms with van der Waals surface area (Å²) < 4.78 is 14.0. The Morgan fingerprint density at radius 1 is 1.00 bits per heavy atom. The number of ether oxygens (including phenoxy) is 2. The normalized spacial score (nSPS) is 16.3. The lowest BCUT2D eigenvalue weighted by molar-refractivity contribution is -0.171. The highest BCUT2D eigenvalue weighted by atomic mass is 16.7. The molecule has 2 aromatic heterocycles. The second kappa shape index (κ2) is 7.39. The molecular formula is C19H23N5O2. The van der Waals surface area contributed by atoms with Crippen LogP contribution in [0.1, 0.15) is 31.2 Å². The molecule has 0 unspecified atom stereocenters. The molecule has 1 aliphatic heterocycles. The quantitative estimate of drug-likeness (QED) is 0.657. The summed E-state index contributed by atoms with van der Waals surface area (Å²) in [6.07, 6.45) is 7.25. The van der Waals surface area contributed by atoms with Crippen LogP contribution < -0.4 is 5.73 Å². The van der Waals surface area contributed by atoms with E-state index in [1.165, 1.54) is 6.33 Å². The zero-order valence-electron chi connectivity index (χ0n) is 14.7. The molecule has 1 saturated heterocycles. The van der Waals surface area contributed by atoms with Crippen molar-refractivity contribution in [3.63, 3.8) is 0 Å². The van der Waals surface area contributed by atoms with Gasteiger partial charge >= 0.3 is 0 Å². The molecule has 2 N–H and O–H groups in total. The molecule has 3 heterocycles. The summed E-state index contributed by atoms with van der Waals surface area (Å²) in [7, 11) is 0. The molecule has 0 aliphatic carbocycles. The van der Waals surface area contributed by atoms with Crippen LogP contribution in [-0.4, -0.2) is 32.7 Å². The van der Waals surface area contributed by atoms with Crippen LogP contribution in [0, 0.1) is 0 Å². The minimum absolute atomic E-state index is 0.425. The molecule has 1 aliphatic rings. The maximum absolute atomic E-state index is 5.98. The van der Waals surface area contributed by atoms with Gasteiger partial charge in [0.2, 0.25) is 0 Å². The number of nitrogens with zero attached hydrogens (tertiary/aromatic N) is 4. The summed E-state index contributed by atoms with van der Waals surface area (Å²) in [5, 5.41) is 0. The second-order valence-electron chi connectivity index (χ2n) is 6.50. The fraction of sp³-hybridized carbons (Fsp3) is 0.421. The number of hydrogen-bond donors (Lipinski definition) is 1. The summed E-state index contributed by atoms with van der Waals surface area (Å²) in [4.78, 5) is 12.6. The van der Waals surface area contributed by atoms with E-state index in [0.29, 0.717) is 24.5 Å². The SMILES string of the molecule is Nc1ncnc2c1ncn2CCCCCC1(c2ccccc2)OCCO1. The second-order valence-corrected chi connectivity index (χ2v) is 6.50. The van der Waals surface area contributed by atoms with E-state index in [2.05, 4.69) is 27.1 Å². The van der Waals surface area contributed by atoms with E-state index in [4.69, 9.17) is 15.2 Å². The first-order valence-corrected chi connectivity index (χ1v) is 9.03. The molecule has 3 aromatic rings. The number of hydrogen-bond acceptors (Lipinski definition) is 6. The van der Waals surface area contributed by atoms with Gasteiger partial charge in [-0.2, -0.15) is 0 Å². The highest BCUT2D eigenvalue weighted by Crippen LogP contribution is 2.36. The Labute approximate surface area is 152 Å².